The molecule has 2 aromatic rings. The molecule has 7 heteroatoms. The van der Waals surface area contributed by atoms with Crippen LogP contribution in [-0.2, 0) is 32.9 Å². The Bertz CT molecular complexity index is 791. The summed E-state index contributed by atoms with van der Waals surface area (Å²) in [5, 5.41) is 10.4. The van der Waals surface area contributed by atoms with Gasteiger partial charge in [-0.3, -0.25) is 9.59 Å². The Kier molecular flexibility index (Phi) is 4.27. The first-order valence-corrected chi connectivity index (χ1v) is 7.91. The highest BCUT2D eigenvalue weighted by molar-refractivity contribution is 5.94. The average molecular weight is 316 g/mol. The van der Waals surface area contributed by atoms with Crippen molar-refractivity contribution in [1.29, 1.82) is 0 Å². The van der Waals surface area contributed by atoms with Gasteiger partial charge in [0.2, 0.25) is 11.8 Å². The average Bonchev–Trinajstić information content (AvgIpc) is 3.04. The molecular weight excluding hydrogens is 296 g/mol. The van der Waals surface area contributed by atoms with E-state index in [0.717, 1.165) is 36.9 Å². The van der Waals surface area contributed by atoms with Crippen molar-refractivity contribution in [3.8, 4) is 0 Å². The Morgan fingerprint density at radius 3 is 2.78 bits per heavy atom. The molecule has 0 saturated carbocycles. The van der Waals surface area contributed by atoms with Gasteiger partial charge in [0.05, 0.1) is 6.54 Å². The maximum atomic E-state index is 12.4. The smallest absolute Gasteiger partial charge is 0.263 e. The van der Waals surface area contributed by atoms with Crippen molar-refractivity contribution in [2.75, 3.05) is 0 Å². The van der Waals surface area contributed by atoms with Gasteiger partial charge in [0.25, 0.3) is 11.5 Å². The molecule has 23 heavy (non-hydrogen) atoms. The van der Waals surface area contributed by atoms with Crippen molar-refractivity contribution in [3.05, 3.63) is 45.0 Å². The Labute approximate surface area is 133 Å². The standard InChI is InChI=1S/C16H20N4O3/c1-3-13-18-19-14(23-13)9-17-15(21)11-8-10-6-4-5-7-12(10)20(2)16(11)22/h8H,3-7,9H2,1-2H3,(H,17,21). The molecular formula is C16H20N4O3. The highest BCUT2D eigenvalue weighted by atomic mass is 16.4. The molecule has 0 bridgehead atoms. The fourth-order valence-electron chi connectivity index (χ4n) is 2.91. The number of aryl methyl sites for hydroxylation is 2. The van der Waals surface area contributed by atoms with Crippen molar-refractivity contribution in [3.63, 3.8) is 0 Å². The van der Waals surface area contributed by atoms with Crippen LogP contribution in [-0.4, -0.2) is 20.7 Å². The SMILES string of the molecule is CCc1nnc(CNC(=O)c2cc3c(n(C)c2=O)CCCC3)o1. The lowest BCUT2D eigenvalue weighted by Gasteiger charge is -2.19. The van der Waals surface area contributed by atoms with Gasteiger partial charge in [0.1, 0.15) is 5.56 Å². The van der Waals surface area contributed by atoms with Crippen LogP contribution in [0.3, 0.4) is 0 Å². The minimum absolute atomic E-state index is 0.117. The number of rotatable bonds is 4. The van der Waals surface area contributed by atoms with Gasteiger partial charge in [-0.1, -0.05) is 6.92 Å². The predicted octanol–water partition coefficient (Wildman–Crippen LogP) is 1.14. The van der Waals surface area contributed by atoms with Crippen LogP contribution in [0.4, 0.5) is 0 Å². The molecule has 1 aliphatic carbocycles. The number of carbonyl (C=O) groups excluding carboxylic acids is 1. The van der Waals surface area contributed by atoms with Crippen LogP contribution in [0.1, 0.15) is 53.2 Å². The lowest BCUT2D eigenvalue weighted by molar-refractivity contribution is 0.0944. The summed E-state index contributed by atoms with van der Waals surface area (Å²) in [6.45, 7) is 2.03. The third-order valence-corrected chi connectivity index (χ3v) is 4.19. The summed E-state index contributed by atoms with van der Waals surface area (Å²) in [6, 6.07) is 1.73. The van der Waals surface area contributed by atoms with E-state index < -0.39 is 5.91 Å². The molecule has 122 valence electrons. The van der Waals surface area contributed by atoms with E-state index in [2.05, 4.69) is 15.5 Å². The van der Waals surface area contributed by atoms with Crippen LogP contribution in [0.2, 0.25) is 0 Å². The number of fused-ring (bicyclic) bond motifs is 1. The number of hydrogen-bond acceptors (Lipinski definition) is 5. The summed E-state index contributed by atoms with van der Waals surface area (Å²) in [5.41, 5.74) is 2.04. The summed E-state index contributed by atoms with van der Waals surface area (Å²) in [7, 11) is 1.73. The van der Waals surface area contributed by atoms with E-state index in [0.29, 0.717) is 18.2 Å². The molecule has 0 unspecified atom stereocenters. The van der Waals surface area contributed by atoms with E-state index in [-0.39, 0.29) is 17.7 Å². The second-order valence-electron chi connectivity index (χ2n) is 5.73. The van der Waals surface area contributed by atoms with Crippen molar-refractivity contribution < 1.29 is 9.21 Å². The largest absolute Gasteiger partial charge is 0.423 e. The summed E-state index contributed by atoms with van der Waals surface area (Å²) in [6.07, 6.45) is 4.63. The molecule has 0 saturated heterocycles. The third-order valence-electron chi connectivity index (χ3n) is 4.19. The maximum absolute atomic E-state index is 12.4. The molecule has 0 spiro atoms. The maximum Gasteiger partial charge on any atom is 0.263 e. The number of carbonyl (C=O) groups is 1. The molecule has 0 fully saturated rings. The number of pyridine rings is 1. The Morgan fingerprint density at radius 2 is 2.04 bits per heavy atom. The van der Waals surface area contributed by atoms with E-state index in [9.17, 15) is 9.59 Å². The summed E-state index contributed by atoms with van der Waals surface area (Å²) < 4.78 is 6.95. The zero-order chi connectivity index (χ0) is 16.4. The van der Waals surface area contributed by atoms with E-state index in [1.807, 2.05) is 6.92 Å². The first-order chi connectivity index (χ1) is 11.1. The van der Waals surface area contributed by atoms with Crippen LogP contribution in [0, 0.1) is 0 Å². The monoisotopic (exact) mass is 316 g/mol. The number of nitrogens with zero attached hydrogens (tertiary/aromatic N) is 3. The zero-order valence-corrected chi connectivity index (χ0v) is 13.4. The molecule has 0 atom stereocenters. The zero-order valence-electron chi connectivity index (χ0n) is 13.4. The fraction of sp³-hybridized carbons (Fsp3) is 0.500. The molecule has 1 aliphatic rings. The van der Waals surface area contributed by atoms with Gasteiger partial charge in [0.15, 0.2) is 0 Å². The molecule has 0 radical (unpaired) electrons. The third kappa shape index (κ3) is 3.04. The number of nitrogens with one attached hydrogen (secondary N) is 1. The predicted molar refractivity (Wildman–Crippen MR) is 83.2 cm³/mol. The molecule has 1 N–H and O–H groups in total. The lowest BCUT2D eigenvalue weighted by Crippen LogP contribution is -2.34. The van der Waals surface area contributed by atoms with Crippen LogP contribution in [0.15, 0.2) is 15.3 Å². The van der Waals surface area contributed by atoms with Gasteiger partial charge in [-0.15, -0.1) is 10.2 Å². The quantitative estimate of drug-likeness (QED) is 0.913. The first-order valence-electron chi connectivity index (χ1n) is 7.91. The van der Waals surface area contributed by atoms with Crippen molar-refractivity contribution in [2.24, 2.45) is 7.05 Å². The van der Waals surface area contributed by atoms with Crippen molar-refractivity contribution in [2.45, 2.75) is 45.6 Å². The highest BCUT2D eigenvalue weighted by Gasteiger charge is 2.19. The molecule has 2 aromatic heterocycles. The topological polar surface area (TPSA) is 90.0 Å². The van der Waals surface area contributed by atoms with Crippen LogP contribution in [0.5, 0.6) is 0 Å². The summed E-state index contributed by atoms with van der Waals surface area (Å²) in [5.74, 6) is 0.458. The van der Waals surface area contributed by atoms with Gasteiger partial charge in [0, 0.05) is 19.2 Å². The van der Waals surface area contributed by atoms with Crippen molar-refractivity contribution >= 4 is 5.91 Å². The van der Waals surface area contributed by atoms with Crippen molar-refractivity contribution in [1.82, 2.24) is 20.1 Å². The van der Waals surface area contributed by atoms with E-state index >= 15 is 0 Å². The normalized spacial score (nSPS) is 13.7. The van der Waals surface area contributed by atoms with Crippen LogP contribution in [0.25, 0.3) is 0 Å². The molecule has 1 amide bonds. The van der Waals surface area contributed by atoms with E-state index in [1.165, 1.54) is 0 Å². The first kappa shape index (κ1) is 15.5. The molecule has 0 aliphatic heterocycles. The number of amides is 1. The second kappa shape index (κ2) is 6.36. The summed E-state index contributed by atoms with van der Waals surface area (Å²) >= 11 is 0. The van der Waals surface area contributed by atoms with Gasteiger partial charge < -0.3 is 14.3 Å². The van der Waals surface area contributed by atoms with Crippen LogP contribution >= 0.6 is 0 Å². The van der Waals surface area contributed by atoms with Gasteiger partial charge >= 0.3 is 0 Å². The van der Waals surface area contributed by atoms with Gasteiger partial charge in [-0.25, -0.2) is 0 Å². The Morgan fingerprint density at radius 1 is 1.30 bits per heavy atom. The number of hydrogen-bond donors (Lipinski definition) is 1. The number of aromatic nitrogens is 3. The molecule has 3 rings (SSSR count). The lowest BCUT2D eigenvalue weighted by atomic mass is 9.94. The van der Waals surface area contributed by atoms with Gasteiger partial charge in [-0.05, 0) is 37.3 Å². The molecule has 2 heterocycles. The van der Waals surface area contributed by atoms with E-state index in [1.54, 1.807) is 17.7 Å². The second-order valence-corrected chi connectivity index (χ2v) is 5.73. The Balaban J connectivity index is 1.79. The highest BCUT2D eigenvalue weighted by Crippen LogP contribution is 2.20. The molecule has 7 nitrogen and oxygen atoms in total. The van der Waals surface area contributed by atoms with Gasteiger partial charge in [-0.2, -0.15) is 0 Å². The molecule has 0 aromatic carbocycles. The fourth-order valence-corrected chi connectivity index (χ4v) is 2.91. The Hall–Kier alpha value is -2.44. The van der Waals surface area contributed by atoms with E-state index in [4.69, 9.17) is 4.42 Å². The van der Waals surface area contributed by atoms with Crippen LogP contribution < -0.4 is 10.9 Å². The minimum atomic E-state index is -0.407. The summed E-state index contributed by atoms with van der Waals surface area (Å²) in [4.78, 5) is 24.7. The minimum Gasteiger partial charge on any atom is -0.423 e.